The van der Waals surface area contributed by atoms with E-state index in [-0.39, 0.29) is 0 Å². The molecule has 4 aromatic rings. The molecule has 2 nitrogen and oxygen atoms in total. The molecule has 0 atom stereocenters. The molecule has 0 unspecified atom stereocenters. The smallest absolute Gasteiger partial charge is 0.116 e. The Hall–Kier alpha value is -2.36. The predicted octanol–water partition coefficient (Wildman–Crippen LogP) is 8.18. The molecule has 1 aliphatic rings. The summed E-state index contributed by atoms with van der Waals surface area (Å²) >= 11 is 11.1. The fraction of sp³-hybridized carbons (Fsp3) is 0.120. The van der Waals surface area contributed by atoms with Gasteiger partial charge in [0.05, 0.1) is 11.3 Å². The lowest BCUT2D eigenvalue weighted by atomic mass is 10.0. The van der Waals surface area contributed by atoms with Crippen LogP contribution in [0.25, 0.3) is 22.1 Å². The zero-order chi connectivity index (χ0) is 21.2. The molecule has 0 radical (unpaired) electrons. The molecular weight excluding hydrogens is 460 g/mol. The third-order valence-electron chi connectivity index (χ3n) is 5.24. The molecule has 1 aliphatic carbocycles. The number of allylic oxidation sites excluding steroid dienone is 1. The van der Waals surface area contributed by atoms with E-state index in [4.69, 9.17) is 16.6 Å². The molecule has 3 aromatic heterocycles. The molecule has 5 rings (SSSR count). The second kappa shape index (κ2) is 9.02. The third kappa shape index (κ3) is 4.22. The van der Waals surface area contributed by atoms with E-state index in [1.807, 2.05) is 30.3 Å². The highest BCUT2D eigenvalue weighted by molar-refractivity contribution is 7.98. The minimum absolute atomic E-state index is 0.692. The number of hydrogen-bond acceptors (Lipinski definition) is 5. The van der Waals surface area contributed by atoms with Crippen molar-refractivity contribution in [2.24, 2.45) is 0 Å². The largest absolute Gasteiger partial charge is 0.240 e. The van der Waals surface area contributed by atoms with Crippen LogP contribution in [0.15, 0.2) is 64.3 Å². The zero-order valence-electron chi connectivity index (χ0n) is 16.5. The standard InChI is InChI=1S/C25H17ClN2S3/c26-18-8-5-16(6-9-18)15-31-25-21(14-27)23(22-4-2-12-30-22)20-10-7-17(24(20)28-25)13-19-3-1-11-29-19/h1-6,8-9,11-13H,7,10,15H2. The number of thiophene rings is 2. The first-order valence-electron chi connectivity index (χ1n) is 9.85. The van der Waals surface area contributed by atoms with Gasteiger partial charge in [-0.15, -0.1) is 34.4 Å². The average molecular weight is 477 g/mol. The summed E-state index contributed by atoms with van der Waals surface area (Å²) < 4.78 is 0. The van der Waals surface area contributed by atoms with Gasteiger partial charge in [0.25, 0.3) is 0 Å². The van der Waals surface area contributed by atoms with Gasteiger partial charge < -0.3 is 0 Å². The van der Waals surface area contributed by atoms with Crippen LogP contribution < -0.4 is 0 Å². The van der Waals surface area contributed by atoms with Crippen LogP contribution in [0.3, 0.4) is 0 Å². The molecule has 0 saturated carbocycles. The average Bonchev–Trinajstić information content (AvgIpc) is 3.56. The van der Waals surface area contributed by atoms with E-state index in [1.54, 1.807) is 34.4 Å². The first-order valence-corrected chi connectivity index (χ1v) is 13.0. The minimum atomic E-state index is 0.692. The van der Waals surface area contributed by atoms with Gasteiger partial charge in [-0.2, -0.15) is 5.26 Å². The van der Waals surface area contributed by atoms with Crippen LogP contribution in [0.5, 0.6) is 0 Å². The highest BCUT2D eigenvalue weighted by Crippen LogP contribution is 2.44. The van der Waals surface area contributed by atoms with Crippen molar-refractivity contribution in [3.63, 3.8) is 0 Å². The van der Waals surface area contributed by atoms with E-state index >= 15 is 0 Å². The summed E-state index contributed by atoms with van der Waals surface area (Å²) in [5, 5.41) is 15.8. The van der Waals surface area contributed by atoms with Crippen LogP contribution in [0, 0.1) is 11.3 Å². The summed E-state index contributed by atoms with van der Waals surface area (Å²) in [6.45, 7) is 0. The van der Waals surface area contributed by atoms with Crippen molar-refractivity contribution in [3.05, 3.63) is 91.6 Å². The maximum absolute atomic E-state index is 10.1. The Kier molecular flexibility index (Phi) is 5.97. The molecule has 31 heavy (non-hydrogen) atoms. The Labute approximate surface area is 198 Å². The van der Waals surface area contributed by atoms with Crippen molar-refractivity contribution in [2.75, 3.05) is 0 Å². The van der Waals surface area contributed by atoms with E-state index in [0.717, 1.165) is 50.3 Å². The van der Waals surface area contributed by atoms with Gasteiger partial charge in [0, 0.05) is 26.1 Å². The maximum atomic E-state index is 10.1. The summed E-state index contributed by atoms with van der Waals surface area (Å²) in [6, 6.07) is 18.7. The molecule has 0 bridgehead atoms. The Morgan fingerprint density at radius 2 is 1.87 bits per heavy atom. The van der Waals surface area contributed by atoms with E-state index in [1.165, 1.54) is 16.0 Å². The van der Waals surface area contributed by atoms with Crippen molar-refractivity contribution in [1.82, 2.24) is 4.98 Å². The molecule has 3 heterocycles. The number of aromatic nitrogens is 1. The number of hydrogen-bond donors (Lipinski definition) is 0. The second-order valence-corrected chi connectivity index (χ2v) is 10.5. The summed E-state index contributed by atoms with van der Waals surface area (Å²) in [5.74, 6) is 0.742. The van der Waals surface area contributed by atoms with Crippen molar-refractivity contribution in [1.29, 1.82) is 5.26 Å². The number of fused-ring (bicyclic) bond motifs is 1. The SMILES string of the molecule is N#Cc1c(SCc2ccc(Cl)cc2)nc2c(c1-c1cccs1)CCC2=Cc1cccs1. The number of benzene rings is 1. The number of nitriles is 1. The molecule has 0 amide bonds. The quantitative estimate of drug-likeness (QED) is 0.272. The fourth-order valence-electron chi connectivity index (χ4n) is 3.81. The van der Waals surface area contributed by atoms with E-state index in [0.29, 0.717) is 5.56 Å². The normalized spacial score (nSPS) is 14.0. The van der Waals surface area contributed by atoms with Crippen LogP contribution in [0.2, 0.25) is 5.02 Å². The lowest BCUT2D eigenvalue weighted by Gasteiger charge is -2.13. The Morgan fingerprint density at radius 3 is 2.58 bits per heavy atom. The molecule has 6 heteroatoms. The molecule has 0 N–H and O–H groups in total. The molecule has 0 saturated heterocycles. The monoisotopic (exact) mass is 476 g/mol. The summed E-state index contributed by atoms with van der Waals surface area (Å²) in [7, 11) is 0. The number of pyridine rings is 1. The molecule has 0 fully saturated rings. The van der Waals surface area contributed by atoms with Crippen molar-refractivity contribution in [2.45, 2.75) is 23.6 Å². The molecular formula is C25H17ClN2S3. The highest BCUT2D eigenvalue weighted by atomic mass is 35.5. The number of nitrogens with zero attached hydrogens (tertiary/aromatic N) is 2. The van der Waals surface area contributed by atoms with Gasteiger partial charge in [-0.05, 0) is 70.6 Å². The molecule has 0 aliphatic heterocycles. The van der Waals surface area contributed by atoms with Crippen LogP contribution in [-0.4, -0.2) is 4.98 Å². The number of thioether (sulfide) groups is 1. The van der Waals surface area contributed by atoms with Gasteiger partial charge in [0.1, 0.15) is 11.1 Å². The van der Waals surface area contributed by atoms with E-state index in [9.17, 15) is 5.26 Å². The Morgan fingerprint density at radius 1 is 1.06 bits per heavy atom. The van der Waals surface area contributed by atoms with Gasteiger partial charge in [0.2, 0.25) is 0 Å². The lowest BCUT2D eigenvalue weighted by molar-refractivity contribution is 1.05. The predicted molar refractivity (Wildman–Crippen MR) is 134 cm³/mol. The van der Waals surface area contributed by atoms with Crippen molar-refractivity contribution in [3.8, 4) is 16.5 Å². The summed E-state index contributed by atoms with van der Waals surface area (Å²) in [5.41, 5.74) is 6.43. The summed E-state index contributed by atoms with van der Waals surface area (Å²) in [6.07, 6.45) is 4.12. The maximum Gasteiger partial charge on any atom is 0.116 e. The Balaban J connectivity index is 1.61. The van der Waals surface area contributed by atoms with Gasteiger partial charge in [-0.3, -0.25) is 0 Å². The third-order valence-corrected chi connectivity index (χ3v) is 8.25. The van der Waals surface area contributed by atoms with Crippen molar-refractivity contribution >= 4 is 57.7 Å². The van der Waals surface area contributed by atoms with Crippen LogP contribution >= 0.6 is 46.0 Å². The lowest BCUT2D eigenvalue weighted by Crippen LogP contribution is -2.00. The van der Waals surface area contributed by atoms with Gasteiger partial charge in [0.15, 0.2) is 0 Å². The number of halogens is 1. The number of rotatable bonds is 5. The van der Waals surface area contributed by atoms with Crippen molar-refractivity contribution < 1.29 is 0 Å². The zero-order valence-corrected chi connectivity index (χ0v) is 19.7. The highest BCUT2D eigenvalue weighted by Gasteiger charge is 2.27. The van der Waals surface area contributed by atoms with E-state index < -0.39 is 0 Å². The molecule has 0 spiro atoms. The summed E-state index contributed by atoms with van der Waals surface area (Å²) in [4.78, 5) is 7.42. The van der Waals surface area contributed by atoms with E-state index in [2.05, 4.69) is 41.1 Å². The minimum Gasteiger partial charge on any atom is -0.240 e. The van der Waals surface area contributed by atoms with Crippen LogP contribution in [-0.2, 0) is 12.2 Å². The molecule has 1 aromatic carbocycles. The Bertz CT molecular complexity index is 1280. The topological polar surface area (TPSA) is 36.7 Å². The van der Waals surface area contributed by atoms with Gasteiger partial charge in [-0.25, -0.2) is 4.98 Å². The fourth-order valence-corrected chi connectivity index (χ4v) is 6.36. The second-order valence-electron chi connectivity index (χ2n) is 7.18. The van der Waals surface area contributed by atoms with Gasteiger partial charge >= 0.3 is 0 Å². The first kappa shape index (κ1) is 20.5. The van der Waals surface area contributed by atoms with Crippen LogP contribution in [0.4, 0.5) is 0 Å². The van der Waals surface area contributed by atoms with Gasteiger partial charge in [-0.1, -0.05) is 35.9 Å². The van der Waals surface area contributed by atoms with Crippen LogP contribution in [0.1, 0.15) is 33.7 Å². The molecule has 152 valence electrons. The first-order chi connectivity index (χ1) is 15.2.